The number of carbonyl (C=O) groups is 1. The first kappa shape index (κ1) is 17.8. The Morgan fingerprint density at radius 3 is 2.96 bits per heavy atom. The molecule has 27 heavy (non-hydrogen) atoms. The fourth-order valence-electron chi connectivity index (χ4n) is 3.38. The number of ether oxygens (including phenoxy) is 1. The van der Waals surface area contributed by atoms with Gasteiger partial charge in [-0.3, -0.25) is 4.79 Å². The van der Waals surface area contributed by atoms with Gasteiger partial charge in [-0.15, -0.1) is 11.3 Å². The molecule has 1 aliphatic heterocycles. The molecular weight excluding hydrogens is 364 g/mol. The number of hydrogen-bond acceptors (Lipinski definition) is 5. The van der Waals surface area contributed by atoms with Crippen molar-refractivity contribution in [1.82, 2.24) is 4.90 Å². The van der Waals surface area contributed by atoms with Crippen LogP contribution in [0.3, 0.4) is 0 Å². The second kappa shape index (κ2) is 7.19. The highest BCUT2D eigenvalue weighted by Crippen LogP contribution is 2.41. The fourth-order valence-corrected chi connectivity index (χ4v) is 4.35. The third kappa shape index (κ3) is 3.25. The molecule has 0 saturated carbocycles. The Bertz CT molecular complexity index is 1000. The number of phenolic OH excluding ortho intramolecular Hbond substituents is 1. The molecule has 3 aromatic rings. The first-order valence-corrected chi connectivity index (χ1v) is 9.68. The van der Waals surface area contributed by atoms with Crippen molar-refractivity contribution in [3.8, 4) is 22.6 Å². The van der Waals surface area contributed by atoms with Gasteiger partial charge in [-0.25, -0.2) is 0 Å². The number of aromatic hydroxyl groups is 1. The Morgan fingerprint density at radius 1 is 1.33 bits per heavy atom. The van der Waals surface area contributed by atoms with Crippen molar-refractivity contribution in [2.45, 2.75) is 12.6 Å². The number of phenols is 1. The van der Waals surface area contributed by atoms with Crippen LogP contribution in [-0.2, 0) is 11.3 Å². The second-order valence-corrected chi connectivity index (χ2v) is 7.45. The van der Waals surface area contributed by atoms with Gasteiger partial charge in [0.1, 0.15) is 13.2 Å². The number of nitrogens with zero attached hydrogens (tertiary/aromatic N) is 1. The van der Waals surface area contributed by atoms with Gasteiger partial charge in [0, 0.05) is 27.8 Å². The molecule has 1 atom stereocenters. The van der Waals surface area contributed by atoms with Crippen LogP contribution in [0.4, 0.5) is 0 Å². The smallest absolute Gasteiger partial charge is 0.257 e. The summed E-state index contributed by atoms with van der Waals surface area (Å²) in [5, 5.41) is 23.6. The monoisotopic (exact) mass is 385 g/mol. The van der Waals surface area contributed by atoms with Crippen molar-refractivity contribution in [1.29, 1.82) is 0 Å². The zero-order valence-electron chi connectivity index (χ0n) is 14.7. The number of benzene rings is 2. The largest absolute Gasteiger partial charge is 0.504 e. The first-order chi connectivity index (χ1) is 13.1. The van der Waals surface area contributed by atoms with Crippen LogP contribution in [0.2, 0.25) is 0 Å². The lowest BCUT2D eigenvalue weighted by atomic mass is 10.0. The number of fused-ring (bicyclic) bond motifs is 2. The van der Waals surface area contributed by atoms with Crippen LogP contribution in [0.5, 0.6) is 11.5 Å². The minimum absolute atomic E-state index is 0.0600. The summed E-state index contributed by atoms with van der Waals surface area (Å²) in [6.45, 7) is 1.00. The quantitative estimate of drug-likeness (QED) is 0.638. The van der Waals surface area contributed by atoms with Crippen molar-refractivity contribution in [2.24, 2.45) is 0 Å². The third-order valence-electron chi connectivity index (χ3n) is 4.78. The van der Waals surface area contributed by atoms with Gasteiger partial charge in [0.2, 0.25) is 0 Å². The van der Waals surface area contributed by atoms with E-state index in [0.717, 1.165) is 22.1 Å². The maximum atomic E-state index is 12.4. The van der Waals surface area contributed by atoms with E-state index in [1.54, 1.807) is 22.3 Å². The van der Waals surface area contributed by atoms with E-state index >= 15 is 0 Å². The van der Waals surface area contributed by atoms with Crippen molar-refractivity contribution in [3.63, 3.8) is 0 Å². The van der Waals surface area contributed by atoms with Crippen LogP contribution in [0.25, 0.3) is 21.2 Å². The number of amides is 1. The second-order valence-electron chi connectivity index (χ2n) is 6.54. The SMILES string of the molecule is [NH3+]C[C@@H](O)C(=O)N1CCOc2c(O)cc(-c3csc4ccccc34)cc2C1. The van der Waals surface area contributed by atoms with E-state index in [9.17, 15) is 15.0 Å². The Hall–Kier alpha value is -2.61. The van der Waals surface area contributed by atoms with E-state index in [-0.39, 0.29) is 31.4 Å². The van der Waals surface area contributed by atoms with E-state index in [1.165, 1.54) is 4.70 Å². The summed E-state index contributed by atoms with van der Waals surface area (Å²) in [4.78, 5) is 13.9. The van der Waals surface area contributed by atoms with Gasteiger partial charge in [0.05, 0.1) is 6.54 Å². The van der Waals surface area contributed by atoms with Crippen LogP contribution in [-0.4, -0.2) is 46.8 Å². The number of quaternary nitrogens is 1. The number of thiophene rings is 1. The van der Waals surface area contributed by atoms with E-state index in [1.807, 2.05) is 18.2 Å². The molecule has 0 aliphatic carbocycles. The predicted octanol–water partition coefficient (Wildman–Crippen LogP) is 1.60. The molecule has 6 nitrogen and oxygen atoms in total. The molecule has 1 amide bonds. The Labute approximate surface area is 160 Å². The zero-order valence-corrected chi connectivity index (χ0v) is 15.5. The first-order valence-electron chi connectivity index (χ1n) is 8.80. The van der Waals surface area contributed by atoms with E-state index in [4.69, 9.17) is 4.74 Å². The van der Waals surface area contributed by atoms with Crippen LogP contribution in [0.15, 0.2) is 41.8 Å². The van der Waals surface area contributed by atoms with Gasteiger partial charge in [-0.2, -0.15) is 0 Å². The molecule has 5 N–H and O–H groups in total. The van der Waals surface area contributed by atoms with Gasteiger partial charge in [-0.05, 0) is 29.1 Å². The lowest BCUT2D eigenvalue weighted by Gasteiger charge is -2.21. The van der Waals surface area contributed by atoms with Gasteiger partial charge < -0.3 is 25.6 Å². The topological polar surface area (TPSA) is 97.6 Å². The normalized spacial score (nSPS) is 15.1. The number of carbonyl (C=O) groups excluding carboxylic acids is 1. The highest BCUT2D eigenvalue weighted by molar-refractivity contribution is 7.17. The summed E-state index contributed by atoms with van der Waals surface area (Å²) in [5.74, 6) is 0.0924. The molecule has 7 heteroatoms. The van der Waals surface area contributed by atoms with Crippen LogP contribution >= 0.6 is 11.3 Å². The van der Waals surface area contributed by atoms with E-state index < -0.39 is 6.10 Å². The van der Waals surface area contributed by atoms with Crippen LogP contribution in [0.1, 0.15) is 5.56 Å². The predicted molar refractivity (Wildman–Crippen MR) is 104 cm³/mol. The van der Waals surface area contributed by atoms with Crippen LogP contribution < -0.4 is 10.5 Å². The molecular formula is C20H21N2O4S+. The lowest BCUT2D eigenvalue weighted by Crippen LogP contribution is -2.59. The van der Waals surface area contributed by atoms with Gasteiger partial charge in [0.25, 0.3) is 5.91 Å². The van der Waals surface area contributed by atoms with Gasteiger partial charge in [-0.1, -0.05) is 18.2 Å². The Morgan fingerprint density at radius 2 is 2.15 bits per heavy atom. The van der Waals surface area contributed by atoms with Gasteiger partial charge >= 0.3 is 0 Å². The molecule has 2 heterocycles. The molecule has 140 valence electrons. The molecule has 1 aromatic heterocycles. The molecule has 0 fully saturated rings. The summed E-state index contributed by atoms with van der Waals surface area (Å²) in [5.41, 5.74) is 6.23. The van der Waals surface area contributed by atoms with Crippen LogP contribution in [0, 0.1) is 0 Å². The van der Waals surface area contributed by atoms with Gasteiger partial charge in [0.15, 0.2) is 17.6 Å². The molecule has 0 bridgehead atoms. The minimum atomic E-state index is -1.12. The Kier molecular flexibility index (Phi) is 4.73. The standard InChI is InChI=1S/C20H20N2O4S/c21-9-17(24)20(25)22-5-6-26-19-13(10-22)7-12(8-16(19)23)15-11-27-18-4-2-1-3-14(15)18/h1-4,7-8,11,17,23-24H,5-6,9-10,21H2/p+1/t17-/m1/s1. The lowest BCUT2D eigenvalue weighted by molar-refractivity contribution is -0.380. The number of rotatable bonds is 3. The van der Waals surface area contributed by atoms with Crippen molar-refractivity contribution in [3.05, 3.63) is 47.3 Å². The zero-order chi connectivity index (χ0) is 19.0. The highest BCUT2D eigenvalue weighted by atomic mass is 32.1. The summed E-state index contributed by atoms with van der Waals surface area (Å²) in [7, 11) is 0. The summed E-state index contributed by atoms with van der Waals surface area (Å²) >= 11 is 1.65. The minimum Gasteiger partial charge on any atom is -0.504 e. The molecule has 0 unspecified atom stereocenters. The summed E-state index contributed by atoms with van der Waals surface area (Å²) in [6, 6.07) is 11.8. The number of aliphatic hydroxyl groups excluding tert-OH is 1. The molecule has 4 rings (SSSR count). The average molecular weight is 385 g/mol. The molecule has 0 spiro atoms. The maximum absolute atomic E-state index is 12.4. The average Bonchev–Trinajstić information content (AvgIpc) is 2.99. The fraction of sp³-hybridized carbons (Fsp3) is 0.250. The summed E-state index contributed by atoms with van der Waals surface area (Å²) < 4.78 is 6.87. The van der Waals surface area contributed by atoms with Crippen molar-refractivity contribution < 1.29 is 25.5 Å². The maximum Gasteiger partial charge on any atom is 0.257 e. The molecule has 1 aliphatic rings. The van der Waals surface area contributed by atoms with E-state index in [0.29, 0.717) is 12.3 Å². The molecule has 0 saturated heterocycles. The van der Waals surface area contributed by atoms with E-state index in [2.05, 4.69) is 23.2 Å². The number of hydrogen-bond donors (Lipinski definition) is 3. The third-order valence-corrected chi connectivity index (χ3v) is 5.74. The Balaban J connectivity index is 1.75. The van der Waals surface area contributed by atoms with Crippen molar-refractivity contribution in [2.75, 3.05) is 19.7 Å². The number of aliphatic hydroxyl groups is 1. The highest BCUT2D eigenvalue weighted by Gasteiger charge is 2.27. The molecule has 0 radical (unpaired) electrons. The van der Waals surface area contributed by atoms with Crippen molar-refractivity contribution >= 4 is 27.3 Å². The summed E-state index contributed by atoms with van der Waals surface area (Å²) in [6.07, 6.45) is -1.12. The molecule has 2 aromatic carbocycles.